The summed E-state index contributed by atoms with van der Waals surface area (Å²) in [4.78, 5) is 4.79. The molecule has 2 aromatic heterocycles. The van der Waals surface area contributed by atoms with E-state index in [1.54, 1.807) is 0 Å². The number of rotatable bonds is 8. The van der Waals surface area contributed by atoms with Crippen LogP contribution in [0.1, 0.15) is 0 Å². The lowest BCUT2D eigenvalue weighted by Crippen LogP contribution is -2.13. The molecule has 0 aliphatic rings. The van der Waals surface area contributed by atoms with Gasteiger partial charge in [0.25, 0.3) is 0 Å². The highest BCUT2D eigenvalue weighted by Crippen LogP contribution is 2.48. The van der Waals surface area contributed by atoms with Crippen molar-refractivity contribution in [3.8, 4) is 16.8 Å². The Labute approximate surface area is 386 Å². The minimum atomic E-state index is 1.07. The van der Waals surface area contributed by atoms with Crippen LogP contribution in [0.2, 0.25) is 0 Å². The zero-order valence-electron chi connectivity index (χ0n) is 35.9. The summed E-state index contributed by atoms with van der Waals surface area (Å²) >= 11 is 1.87. The quantitative estimate of drug-likeness (QED) is 0.151. The van der Waals surface area contributed by atoms with Gasteiger partial charge in [0.15, 0.2) is 0 Å². The van der Waals surface area contributed by atoms with Gasteiger partial charge in [-0.2, -0.15) is 0 Å². The zero-order valence-corrected chi connectivity index (χ0v) is 36.7. The lowest BCUT2D eigenvalue weighted by molar-refractivity contribution is 1.18. The van der Waals surface area contributed by atoms with Crippen molar-refractivity contribution in [3.05, 3.63) is 249 Å². The lowest BCUT2D eigenvalue weighted by atomic mass is 10.0. The molecule has 13 aromatic rings. The molecule has 310 valence electrons. The van der Waals surface area contributed by atoms with Crippen LogP contribution in [0.5, 0.6) is 0 Å². The van der Waals surface area contributed by atoms with Gasteiger partial charge in [-0.15, -0.1) is 11.3 Å². The summed E-state index contributed by atoms with van der Waals surface area (Å²) in [7, 11) is 0. The summed E-state index contributed by atoms with van der Waals surface area (Å²) in [5.41, 5.74) is 12.5. The molecule has 0 N–H and O–H groups in total. The first-order valence-electron chi connectivity index (χ1n) is 22.5. The van der Waals surface area contributed by atoms with Crippen molar-refractivity contribution in [1.29, 1.82) is 0 Å². The van der Waals surface area contributed by atoms with Gasteiger partial charge in [0.05, 0.1) is 16.7 Å². The number of fused-ring (bicyclic) bond motifs is 10. The Balaban J connectivity index is 0.938. The third-order valence-electron chi connectivity index (χ3n) is 13.1. The van der Waals surface area contributed by atoms with E-state index in [-0.39, 0.29) is 0 Å². The van der Waals surface area contributed by atoms with Gasteiger partial charge in [0.2, 0.25) is 0 Å². The van der Waals surface area contributed by atoms with E-state index in [4.69, 9.17) is 0 Å². The molecule has 0 radical (unpaired) electrons. The Morgan fingerprint density at radius 2 is 0.879 bits per heavy atom. The fraction of sp³-hybridized carbons (Fsp3) is 0. The van der Waals surface area contributed by atoms with Crippen LogP contribution in [-0.4, -0.2) is 4.57 Å². The third kappa shape index (κ3) is 6.26. The number of aromatic nitrogens is 1. The summed E-state index contributed by atoms with van der Waals surface area (Å²) in [6.45, 7) is 0. The number of hydrogen-bond acceptors (Lipinski definition) is 3. The zero-order chi connectivity index (χ0) is 43.6. The van der Waals surface area contributed by atoms with Crippen LogP contribution in [0.3, 0.4) is 0 Å². The fourth-order valence-corrected chi connectivity index (χ4v) is 11.3. The largest absolute Gasteiger partial charge is 0.310 e. The first kappa shape index (κ1) is 38.1. The molecule has 0 fully saturated rings. The number of benzene rings is 11. The van der Waals surface area contributed by atoms with E-state index in [1.165, 1.54) is 69.1 Å². The molecule has 0 bridgehead atoms. The topological polar surface area (TPSA) is 11.4 Å². The Kier molecular flexibility index (Phi) is 9.03. The predicted octanol–water partition coefficient (Wildman–Crippen LogP) is 18.1. The molecule has 0 unspecified atom stereocenters. The monoisotopic (exact) mass is 859 g/mol. The number of nitrogens with zero attached hydrogens (tertiary/aromatic N) is 3. The highest BCUT2D eigenvalue weighted by molar-refractivity contribution is 7.26. The average molecular weight is 860 g/mol. The minimum Gasteiger partial charge on any atom is -0.310 e. The van der Waals surface area contributed by atoms with E-state index in [1.807, 2.05) is 11.3 Å². The van der Waals surface area contributed by atoms with Crippen molar-refractivity contribution in [2.24, 2.45) is 0 Å². The first-order valence-corrected chi connectivity index (χ1v) is 23.3. The maximum absolute atomic E-state index is 2.43. The molecule has 3 nitrogen and oxygen atoms in total. The summed E-state index contributed by atoms with van der Waals surface area (Å²) < 4.78 is 5.00. The summed E-state index contributed by atoms with van der Waals surface area (Å²) in [5, 5.41) is 10.2. The van der Waals surface area contributed by atoms with E-state index < -0.39 is 0 Å². The molecule has 66 heavy (non-hydrogen) atoms. The van der Waals surface area contributed by atoms with Crippen molar-refractivity contribution in [3.63, 3.8) is 0 Å². The average Bonchev–Trinajstić information content (AvgIpc) is 3.94. The number of para-hydroxylation sites is 3. The van der Waals surface area contributed by atoms with Gasteiger partial charge in [0, 0.05) is 70.5 Å². The van der Waals surface area contributed by atoms with E-state index in [0.717, 1.165) is 45.4 Å². The standard InChI is InChI=1S/C62H41N3S/c1-4-18-45(19-5-1)63(48-35-31-42(32-36-48)44-33-37-54-57(39-44)65(47-22-8-3-9-23-47)56-38-34-43-17-10-11-26-51(43)61(54)56)49-24-16-25-50(40-49)64(46-20-6-2-7-21-46)58-41-60-62(53-28-13-12-27-52(53)58)55-29-14-15-30-59(55)66-60/h1-41H. The van der Waals surface area contributed by atoms with Gasteiger partial charge in [-0.25, -0.2) is 0 Å². The molecule has 0 saturated heterocycles. The van der Waals surface area contributed by atoms with Gasteiger partial charge in [-0.3, -0.25) is 0 Å². The molecule has 2 heterocycles. The maximum Gasteiger partial charge on any atom is 0.0554 e. The molecular formula is C62H41N3S. The van der Waals surface area contributed by atoms with Crippen molar-refractivity contribution >= 4 is 109 Å². The molecule has 0 amide bonds. The second-order valence-electron chi connectivity index (χ2n) is 16.9. The summed E-state index contributed by atoms with van der Waals surface area (Å²) in [5.74, 6) is 0. The summed E-state index contributed by atoms with van der Waals surface area (Å²) in [6.07, 6.45) is 0. The normalized spacial score (nSPS) is 11.6. The summed E-state index contributed by atoms with van der Waals surface area (Å²) in [6, 6.07) is 90.5. The van der Waals surface area contributed by atoms with Crippen LogP contribution in [0, 0.1) is 0 Å². The lowest BCUT2D eigenvalue weighted by Gasteiger charge is -2.30. The van der Waals surface area contributed by atoms with E-state index in [0.29, 0.717) is 0 Å². The van der Waals surface area contributed by atoms with Gasteiger partial charge < -0.3 is 14.4 Å². The number of hydrogen-bond donors (Lipinski definition) is 0. The van der Waals surface area contributed by atoms with Crippen LogP contribution >= 0.6 is 11.3 Å². The Morgan fingerprint density at radius 3 is 1.64 bits per heavy atom. The van der Waals surface area contributed by atoms with Crippen molar-refractivity contribution in [2.75, 3.05) is 9.80 Å². The maximum atomic E-state index is 2.43. The van der Waals surface area contributed by atoms with Crippen LogP contribution < -0.4 is 9.80 Å². The van der Waals surface area contributed by atoms with Gasteiger partial charge in [-0.05, 0) is 118 Å². The van der Waals surface area contributed by atoms with Gasteiger partial charge in [-0.1, -0.05) is 158 Å². The van der Waals surface area contributed by atoms with Gasteiger partial charge in [0.1, 0.15) is 0 Å². The first-order chi connectivity index (χ1) is 32.7. The van der Waals surface area contributed by atoms with Crippen molar-refractivity contribution in [2.45, 2.75) is 0 Å². The second kappa shape index (κ2) is 15.7. The van der Waals surface area contributed by atoms with Crippen LogP contribution in [0.15, 0.2) is 249 Å². The molecule has 4 heteroatoms. The van der Waals surface area contributed by atoms with Crippen molar-refractivity contribution in [1.82, 2.24) is 4.57 Å². The van der Waals surface area contributed by atoms with Crippen LogP contribution in [0.4, 0.5) is 34.1 Å². The highest BCUT2D eigenvalue weighted by Gasteiger charge is 2.22. The number of anilines is 6. The molecule has 13 rings (SSSR count). The fourth-order valence-electron chi connectivity index (χ4n) is 10.2. The highest BCUT2D eigenvalue weighted by atomic mass is 32.1. The Morgan fingerprint density at radius 1 is 0.303 bits per heavy atom. The van der Waals surface area contributed by atoms with Crippen LogP contribution in [-0.2, 0) is 0 Å². The smallest absolute Gasteiger partial charge is 0.0554 e. The number of thiophene rings is 1. The molecular weight excluding hydrogens is 819 g/mol. The molecule has 0 aliphatic heterocycles. The molecule has 0 aliphatic carbocycles. The van der Waals surface area contributed by atoms with E-state index in [9.17, 15) is 0 Å². The third-order valence-corrected chi connectivity index (χ3v) is 14.2. The SMILES string of the molecule is c1ccc(N(c2ccc(-c3ccc4c5c6ccccc6ccc5n(-c5ccccc5)c4c3)cc2)c2cccc(N(c3ccccc3)c3cc4sc5ccccc5c4c4ccccc34)c2)cc1. The molecule has 11 aromatic carbocycles. The molecule has 0 atom stereocenters. The van der Waals surface area contributed by atoms with Crippen LogP contribution in [0.25, 0.3) is 80.3 Å². The second-order valence-corrected chi connectivity index (χ2v) is 18.0. The van der Waals surface area contributed by atoms with Crippen molar-refractivity contribution < 1.29 is 0 Å². The van der Waals surface area contributed by atoms with E-state index in [2.05, 4.69) is 263 Å². The Bertz CT molecular complexity index is 3930. The molecule has 0 saturated carbocycles. The van der Waals surface area contributed by atoms with Gasteiger partial charge >= 0.3 is 0 Å². The van der Waals surface area contributed by atoms with E-state index >= 15 is 0 Å². The minimum absolute atomic E-state index is 1.07. The Hall–Kier alpha value is -8.44. The molecule has 0 spiro atoms. The predicted molar refractivity (Wildman–Crippen MR) is 283 cm³/mol.